The van der Waals surface area contributed by atoms with Crippen molar-refractivity contribution >= 4 is 23.7 Å². The minimum absolute atomic E-state index is 0.192. The highest BCUT2D eigenvalue weighted by molar-refractivity contribution is 6.05. The minimum atomic E-state index is -0.640. The number of hydrogen-bond acceptors (Lipinski definition) is 7. The molecule has 0 spiro atoms. The van der Waals surface area contributed by atoms with Crippen molar-refractivity contribution in [1.29, 1.82) is 0 Å². The van der Waals surface area contributed by atoms with Crippen LogP contribution >= 0.6 is 0 Å². The number of carbonyl (C=O) groups excluding carboxylic acids is 3. The van der Waals surface area contributed by atoms with E-state index in [9.17, 15) is 14.4 Å². The van der Waals surface area contributed by atoms with Gasteiger partial charge >= 0.3 is 0 Å². The van der Waals surface area contributed by atoms with E-state index in [1.807, 2.05) is 23.7 Å². The van der Waals surface area contributed by atoms with E-state index in [0.717, 1.165) is 28.1 Å². The van der Waals surface area contributed by atoms with Gasteiger partial charge in [-0.15, -0.1) is 0 Å². The highest BCUT2D eigenvalue weighted by Crippen LogP contribution is 2.34. The lowest BCUT2D eigenvalue weighted by Gasteiger charge is -2.29. The number of rotatable bonds is 3. The molecule has 0 radical (unpaired) electrons. The summed E-state index contributed by atoms with van der Waals surface area (Å²) in [4.78, 5) is 50.8. The lowest BCUT2D eigenvalue weighted by atomic mass is 10.0. The average molecular weight is 417 g/mol. The standard InChI is InChI=1S/C21H19N7O3/c1-27-10-25-17(18(27)13-7-23-21(22)24-8-13)11-2-3-14-12(6-11)9-28(20(14)31)15-4-5-16(29)26-19(15)30/h2-3,6-8,10,15H,4-5,9H2,1H3,(H2,22,23,24)(H,26,29,30)/t15-/m0/s1. The Kier molecular flexibility index (Phi) is 4.28. The summed E-state index contributed by atoms with van der Waals surface area (Å²) in [6.07, 6.45) is 5.55. The first-order valence-electron chi connectivity index (χ1n) is 9.79. The largest absolute Gasteiger partial charge is 0.368 e. The normalized spacial score (nSPS) is 18.3. The fraction of sp³-hybridized carbons (Fsp3) is 0.238. The molecule has 156 valence electrons. The molecule has 1 aromatic carbocycles. The Morgan fingerprint density at radius 3 is 2.61 bits per heavy atom. The summed E-state index contributed by atoms with van der Waals surface area (Å²) in [6, 6.07) is 4.88. The Hall–Kier alpha value is -4.08. The number of carbonyl (C=O) groups is 3. The smallest absolute Gasteiger partial charge is 0.255 e. The number of nitrogens with two attached hydrogens (primary N) is 1. The first kappa shape index (κ1) is 18.9. The van der Waals surface area contributed by atoms with E-state index in [-0.39, 0.29) is 24.2 Å². The molecule has 4 heterocycles. The molecule has 1 atom stereocenters. The highest BCUT2D eigenvalue weighted by atomic mass is 16.2. The molecule has 31 heavy (non-hydrogen) atoms. The lowest BCUT2D eigenvalue weighted by molar-refractivity contribution is -0.136. The second-order valence-corrected chi connectivity index (χ2v) is 7.65. The molecule has 2 aromatic heterocycles. The number of aryl methyl sites for hydroxylation is 1. The molecule has 0 unspecified atom stereocenters. The molecule has 10 heteroatoms. The average Bonchev–Trinajstić information content (AvgIpc) is 3.28. The van der Waals surface area contributed by atoms with Gasteiger partial charge in [0.15, 0.2) is 0 Å². The third-order valence-electron chi connectivity index (χ3n) is 5.68. The number of hydrogen-bond donors (Lipinski definition) is 2. The van der Waals surface area contributed by atoms with E-state index < -0.39 is 11.9 Å². The van der Waals surface area contributed by atoms with E-state index in [1.54, 1.807) is 24.8 Å². The SMILES string of the molecule is Cn1cnc(-c2ccc3c(c2)CN([C@H]2CCC(=O)NC2=O)C3=O)c1-c1cnc(N)nc1. The van der Waals surface area contributed by atoms with Gasteiger partial charge in [0.2, 0.25) is 17.8 Å². The maximum Gasteiger partial charge on any atom is 0.255 e. The number of nitrogens with one attached hydrogen (secondary N) is 1. The van der Waals surface area contributed by atoms with Crippen molar-refractivity contribution < 1.29 is 14.4 Å². The summed E-state index contributed by atoms with van der Waals surface area (Å²) >= 11 is 0. The zero-order valence-electron chi connectivity index (χ0n) is 16.7. The van der Waals surface area contributed by atoms with Crippen molar-refractivity contribution in [2.75, 3.05) is 5.73 Å². The summed E-state index contributed by atoms with van der Waals surface area (Å²) in [6.45, 7) is 0.307. The molecule has 3 amide bonds. The summed E-state index contributed by atoms with van der Waals surface area (Å²) in [7, 11) is 1.88. The molecular formula is C21H19N7O3. The molecule has 2 aliphatic heterocycles. The molecule has 5 rings (SSSR count). The van der Waals surface area contributed by atoms with Crippen LogP contribution in [-0.4, -0.2) is 48.2 Å². The van der Waals surface area contributed by atoms with Crippen LogP contribution < -0.4 is 11.1 Å². The van der Waals surface area contributed by atoms with Gasteiger partial charge in [-0.2, -0.15) is 0 Å². The van der Waals surface area contributed by atoms with Crippen LogP contribution in [0.15, 0.2) is 36.9 Å². The Labute approximate surface area is 177 Å². The van der Waals surface area contributed by atoms with Gasteiger partial charge < -0.3 is 15.2 Å². The number of nitrogens with zero attached hydrogens (tertiary/aromatic N) is 5. The number of fused-ring (bicyclic) bond motifs is 1. The monoisotopic (exact) mass is 417 g/mol. The van der Waals surface area contributed by atoms with Gasteiger partial charge in [-0.05, 0) is 24.1 Å². The maximum atomic E-state index is 12.9. The van der Waals surface area contributed by atoms with Gasteiger partial charge in [0.1, 0.15) is 6.04 Å². The summed E-state index contributed by atoms with van der Waals surface area (Å²) in [5, 5.41) is 2.32. The molecule has 3 aromatic rings. The molecule has 0 bridgehead atoms. The molecule has 0 saturated carbocycles. The zero-order valence-corrected chi connectivity index (χ0v) is 16.7. The first-order valence-corrected chi connectivity index (χ1v) is 9.79. The highest BCUT2D eigenvalue weighted by Gasteiger charge is 2.39. The topological polar surface area (TPSA) is 136 Å². The molecule has 1 fully saturated rings. The summed E-state index contributed by atoms with van der Waals surface area (Å²) < 4.78 is 1.87. The molecule has 10 nitrogen and oxygen atoms in total. The van der Waals surface area contributed by atoms with Crippen LogP contribution in [0, 0.1) is 0 Å². The number of amides is 3. The van der Waals surface area contributed by atoms with Crippen LogP contribution in [-0.2, 0) is 23.2 Å². The predicted octanol–water partition coefficient (Wildman–Crippen LogP) is 0.887. The predicted molar refractivity (Wildman–Crippen MR) is 110 cm³/mol. The molecule has 2 aliphatic rings. The summed E-state index contributed by atoms with van der Waals surface area (Å²) in [5.41, 5.74) is 10.1. The van der Waals surface area contributed by atoms with Crippen molar-refractivity contribution in [2.45, 2.75) is 25.4 Å². The molecule has 0 aliphatic carbocycles. The number of imidazole rings is 1. The van der Waals surface area contributed by atoms with Gasteiger partial charge in [0.25, 0.3) is 5.91 Å². The van der Waals surface area contributed by atoms with Crippen molar-refractivity contribution in [3.63, 3.8) is 0 Å². The third kappa shape index (κ3) is 3.12. The summed E-state index contributed by atoms with van der Waals surface area (Å²) in [5.74, 6) is -0.740. The van der Waals surface area contributed by atoms with Crippen LogP contribution in [0.3, 0.4) is 0 Å². The van der Waals surface area contributed by atoms with E-state index in [4.69, 9.17) is 5.73 Å². The van der Waals surface area contributed by atoms with Gasteiger partial charge in [-0.1, -0.05) is 6.07 Å². The number of imide groups is 1. The van der Waals surface area contributed by atoms with Crippen molar-refractivity contribution in [3.8, 4) is 22.5 Å². The number of benzene rings is 1. The van der Waals surface area contributed by atoms with Crippen LogP contribution in [0.2, 0.25) is 0 Å². The van der Waals surface area contributed by atoms with Gasteiger partial charge in [0.05, 0.1) is 17.7 Å². The number of nitrogen functional groups attached to an aromatic ring is 1. The fourth-order valence-corrected chi connectivity index (χ4v) is 4.16. The van der Waals surface area contributed by atoms with Crippen molar-refractivity contribution in [2.24, 2.45) is 7.05 Å². The second kappa shape index (κ2) is 7.01. The van der Waals surface area contributed by atoms with E-state index in [0.29, 0.717) is 18.5 Å². The zero-order chi connectivity index (χ0) is 21.7. The maximum absolute atomic E-state index is 12.9. The Morgan fingerprint density at radius 2 is 1.87 bits per heavy atom. The van der Waals surface area contributed by atoms with Gasteiger partial charge in [-0.25, -0.2) is 15.0 Å². The van der Waals surface area contributed by atoms with Gasteiger partial charge in [-0.3, -0.25) is 19.7 Å². The van der Waals surface area contributed by atoms with Gasteiger partial charge in [0, 0.05) is 49.1 Å². The second-order valence-electron chi connectivity index (χ2n) is 7.65. The van der Waals surface area contributed by atoms with Crippen LogP contribution in [0.4, 0.5) is 5.95 Å². The van der Waals surface area contributed by atoms with E-state index >= 15 is 0 Å². The molecular weight excluding hydrogens is 398 g/mol. The number of piperidine rings is 1. The lowest BCUT2D eigenvalue weighted by Crippen LogP contribution is -2.52. The Morgan fingerprint density at radius 1 is 1.10 bits per heavy atom. The van der Waals surface area contributed by atoms with Crippen LogP contribution in [0.1, 0.15) is 28.8 Å². The van der Waals surface area contributed by atoms with E-state index in [2.05, 4.69) is 20.3 Å². The Bertz CT molecular complexity index is 1230. The number of aromatic nitrogens is 4. The quantitative estimate of drug-likeness (QED) is 0.604. The van der Waals surface area contributed by atoms with Crippen molar-refractivity contribution in [1.82, 2.24) is 29.7 Å². The van der Waals surface area contributed by atoms with Crippen LogP contribution in [0.25, 0.3) is 22.5 Å². The third-order valence-corrected chi connectivity index (χ3v) is 5.68. The van der Waals surface area contributed by atoms with Crippen molar-refractivity contribution in [3.05, 3.63) is 48.0 Å². The Balaban J connectivity index is 1.49. The van der Waals surface area contributed by atoms with E-state index in [1.165, 1.54) is 4.90 Å². The molecule has 3 N–H and O–H groups in total. The van der Waals surface area contributed by atoms with Crippen LogP contribution in [0.5, 0.6) is 0 Å². The molecule has 1 saturated heterocycles. The number of anilines is 1. The minimum Gasteiger partial charge on any atom is -0.368 e. The first-order chi connectivity index (χ1) is 14.9. The fourth-order valence-electron chi connectivity index (χ4n) is 4.16.